The molecule has 300 valence electrons. The van der Waals surface area contributed by atoms with Gasteiger partial charge < -0.3 is 4.57 Å². The highest BCUT2D eigenvalue weighted by Crippen LogP contribution is 2.63. The van der Waals surface area contributed by atoms with E-state index in [1.165, 1.54) is 77.6 Å². The Morgan fingerprint density at radius 1 is 0.375 bits per heavy atom. The van der Waals surface area contributed by atoms with Crippen LogP contribution in [0.2, 0.25) is 0 Å². The Labute approximate surface area is 372 Å². The fourth-order valence-corrected chi connectivity index (χ4v) is 10.8. The first-order valence-electron chi connectivity index (χ1n) is 22.1. The van der Waals surface area contributed by atoms with E-state index in [-0.39, 0.29) is 0 Å². The van der Waals surface area contributed by atoms with Gasteiger partial charge in [0.25, 0.3) is 0 Å². The lowest BCUT2D eigenvalue weighted by molar-refractivity contribution is 0.751. The van der Waals surface area contributed by atoms with Gasteiger partial charge in [0, 0.05) is 22.0 Å². The van der Waals surface area contributed by atoms with Crippen molar-refractivity contribution in [3.05, 3.63) is 258 Å². The molecule has 0 atom stereocenters. The number of pyridine rings is 1. The molecule has 13 rings (SSSR count). The summed E-state index contributed by atoms with van der Waals surface area (Å²) in [5.41, 5.74) is 20.8. The van der Waals surface area contributed by atoms with Gasteiger partial charge in [-0.2, -0.15) is 0 Å². The third kappa shape index (κ3) is 5.31. The van der Waals surface area contributed by atoms with Gasteiger partial charge in [-0.25, -0.2) is 4.98 Å². The summed E-state index contributed by atoms with van der Waals surface area (Å²) in [7, 11) is 0. The Bertz CT molecular complexity index is 3520. The summed E-state index contributed by atoms with van der Waals surface area (Å²) in [4.78, 5) is 7.90. The van der Waals surface area contributed by atoms with Crippen LogP contribution in [0.3, 0.4) is 0 Å². The molecule has 1 aliphatic carbocycles. The van der Waals surface area contributed by atoms with Crippen LogP contribution in [-0.4, -0.2) is 9.55 Å². The van der Waals surface area contributed by atoms with Crippen molar-refractivity contribution < 1.29 is 0 Å². The quantitative estimate of drug-likeness (QED) is 0.173. The molecule has 0 amide bonds. The summed E-state index contributed by atoms with van der Waals surface area (Å²) in [6.07, 6.45) is 0. The van der Waals surface area contributed by atoms with Gasteiger partial charge in [-0.05, 0) is 123 Å². The maximum atomic E-state index is 5.50. The number of hydrogen-bond donors (Lipinski definition) is 0. The van der Waals surface area contributed by atoms with Crippen LogP contribution in [0.4, 0.5) is 17.2 Å². The normalized spacial score (nSPS) is 13.2. The number of fused-ring (bicyclic) bond motifs is 12. The van der Waals surface area contributed by atoms with Crippen LogP contribution >= 0.6 is 0 Å². The van der Waals surface area contributed by atoms with E-state index in [2.05, 4.69) is 247 Å². The standard InChI is InChI=1S/C61H41N3/c1-40-28-32-46(33-29-40)63-56-25-13-9-21-49(56)50-36-43(31-35-57(50)63)44-30-34-48-47-20-8-10-22-51(47)61(54(48)37-44)52-23-11-14-26-58(52)64(59-27-15-12-24-53(59)61)60-39-45(41-16-4-2-5-17-41)38-55(62-60)42-18-6-3-7-19-42/h2-39H,1H3. The van der Waals surface area contributed by atoms with Gasteiger partial charge in [0.15, 0.2) is 0 Å². The number of anilines is 3. The Hall–Kier alpha value is -8.27. The van der Waals surface area contributed by atoms with Gasteiger partial charge >= 0.3 is 0 Å². The molecule has 11 aromatic rings. The molecule has 2 aliphatic rings. The molecule has 0 unspecified atom stereocenters. The molecule has 3 nitrogen and oxygen atoms in total. The van der Waals surface area contributed by atoms with E-state index in [9.17, 15) is 0 Å². The zero-order valence-corrected chi connectivity index (χ0v) is 35.3. The van der Waals surface area contributed by atoms with Crippen molar-refractivity contribution in [2.24, 2.45) is 0 Å². The number of nitrogens with zero attached hydrogens (tertiary/aromatic N) is 3. The highest BCUT2D eigenvalue weighted by molar-refractivity contribution is 6.10. The van der Waals surface area contributed by atoms with Crippen molar-refractivity contribution in [3.63, 3.8) is 0 Å². The Balaban J connectivity index is 1.04. The van der Waals surface area contributed by atoms with Crippen molar-refractivity contribution in [1.29, 1.82) is 0 Å². The molecular formula is C61H41N3. The van der Waals surface area contributed by atoms with Gasteiger partial charge in [0.1, 0.15) is 5.82 Å². The zero-order chi connectivity index (χ0) is 42.4. The molecule has 3 heteroatoms. The molecular weight excluding hydrogens is 775 g/mol. The Kier molecular flexibility index (Phi) is 8.04. The fourth-order valence-electron chi connectivity index (χ4n) is 10.8. The molecule has 0 radical (unpaired) electrons. The van der Waals surface area contributed by atoms with Crippen molar-refractivity contribution in [1.82, 2.24) is 9.55 Å². The second-order valence-corrected chi connectivity index (χ2v) is 17.2. The van der Waals surface area contributed by atoms with E-state index < -0.39 is 5.41 Å². The first-order chi connectivity index (χ1) is 31.6. The molecule has 0 saturated heterocycles. The largest absolute Gasteiger partial charge is 0.309 e. The van der Waals surface area contributed by atoms with Gasteiger partial charge in [0.05, 0.1) is 33.5 Å². The molecule has 2 aromatic heterocycles. The van der Waals surface area contributed by atoms with Crippen molar-refractivity contribution in [2.45, 2.75) is 12.3 Å². The second kappa shape index (κ2) is 14.1. The lowest BCUT2D eigenvalue weighted by Crippen LogP contribution is -2.36. The maximum absolute atomic E-state index is 5.50. The van der Waals surface area contributed by atoms with Crippen molar-refractivity contribution in [2.75, 3.05) is 4.90 Å². The number of aryl methyl sites for hydroxylation is 1. The molecule has 0 bridgehead atoms. The Morgan fingerprint density at radius 2 is 0.953 bits per heavy atom. The van der Waals surface area contributed by atoms with Crippen LogP contribution in [0.1, 0.15) is 27.8 Å². The first-order valence-corrected chi connectivity index (χ1v) is 22.1. The average Bonchev–Trinajstić information content (AvgIpc) is 3.85. The summed E-state index contributed by atoms with van der Waals surface area (Å²) in [5, 5.41) is 2.50. The molecule has 0 fully saturated rings. The minimum absolute atomic E-state index is 0.587. The van der Waals surface area contributed by atoms with Crippen LogP contribution in [0.5, 0.6) is 0 Å². The Morgan fingerprint density at radius 3 is 1.70 bits per heavy atom. The second-order valence-electron chi connectivity index (χ2n) is 17.2. The summed E-state index contributed by atoms with van der Waals surface area (Å²) in [6, 6.07) is 84.6. The van der Waals surface area contributed by atoms with E-state index in [0.29, 0.717) is 0 Å². The smallest absolute Gasteiger partial charge is 0.138 e. The molecule has 1 spiro atoms. The molecule has 3 heterocycles. The van der Waals surface area contributed by atoms with Crippen LogP contribution in [0, 0.1) is 6.92 Å². The number of aromatic nitrogens is 2. The van der Waals surface area contributed by atoms with Crippen molar-refractivity contribution >= 4 is 39.0 Å². The third-order valence-electron chi connectivity index (χ3n) is 13.7. The van der Waals surface area contributed by atoms with Crippen LogP contribution in [0.25, 0.3) is 72.1 Å². The molecule has 64 heavy (non-hydrogen) atoms. The minimum Gasteiger partial charge on any atom is -0.309 e. The van der Waals surface area contributed by atoms with Crippen LogP contribution in [0.15, 0.2) is 231 Å². The topological polar surface area (TPSA) is 21.1 Å². The summed E-state index contributed by atoms with van der Waals surface area (Å²) in [5.74, 6) is 0.883. The van der Waals surface area contributed by atoms with Gasteiger partial charge in [-0.1, -0.05) is 175 Å². The molecule has 1 aliphatic heterocycles. The highest BCUT2D eigenvalue weighted by atomic mass is 15.2. The van der Waals surface area contributed by atoms with Gasteiger partial charge in [0.2, 0.25) is 0 Å². The van der Waals surface area contributed by atoms with Gasteiger partial charge in [-0.15, -0.1) is 0 Å². The maximum Gasteiger partial charge on any atom is 0.138 e. The number of benzene rings is 9. The predicted molar refractivity (Wildman–Crippen MR) is 265 cm³/mol. The average molecular weight is 816 g/mol. The van der Waals surface area contributed by atoms with E-state index in [1.54, 1.807) is 0 Å². The molecule has 9 aromatic carbocycles. The van der Waals surface area contributed by atoms with Crippen LogP contribution < -0.4 is 4.90 Å². The lowest BCUT2D eigenvalue weighted by atomic mass is 9.64. The van der Waals surface area contributed by atoms with E-state index in [0.717, 1.165) is 39.6 Å². The zero-order valence-electron chi connectivity index (χ0n) is 35.3. The van der Waals surface area contributed by atoms with Gasteiger partial charge in [-0.3, -0.25) is 4.90 Å². The van der Waals surface area contributed by atoms with E-state index >= 15 is 0 Å². The fraction of sp³-hybridized carbons (Fsp3) is 0.0328. The van der Waals surface area contributed by atoms with Crippen LogP contribution in [-0.2, 0) is 5.41 Å². The number of para-hydroxylation sites is 3. The third-order valence-corrected chi connectivity index (χ3v) is 13.7. The van der Waals surface area contributed by atoms with E-state index in [1.807, 2.05) is 0 Å². The van der Waals surface area contributed by atoms with Crippen molar-refractivity contribution in [3.8, 4) is 50.3 Å². The summed E-state index contributed by atoms with van der Waals surface area (Å²) < 4.78 is 2.40. The number of rotatable bonds is 5. The summed E-state index contributed by atoms with van der Waals surface area (Å²) >= 11 is 0. The molecule has 0 N–H and O–H groups in total. The SMILES string of the molecule is Cc1ccc(-n2c3ccccc3c3cc(-c4ccc5c(c4)C4(c6ccccc6-5)c5ccccc5N(c5cc(-c6ccccc6)cc(-c6ccccc6)n5)c5ccccc54)ccc32)cc1. The minimum atomic E-state index is -0.587. The highest BCUT2D eigenvalue weighted by Gasteiger charge is 2.52. The first kappa shape index (κ1) is 36.4. The summed E-state index contributed by atoms with van der Waals surface area (Å²) in [6.45, 7) is 2.14. The lowest BCUT2D eigenvalue weighted by Gasteiger charge is -2.44. The van der Waals surface area contributed by atoms with E-state index in [4.69, 9.17) is 4.98 Å². The number of hydrogen-bond acceptors (Lipinski definition) is 2. The molecule has 0 saturated carbocycles. The predicted octanol–water partition coefficient (Wildman–Crippen LogP) is 15.6. The monoisotopic (exact) mass is 815 g/mol.